The molecular formula is C24H27FN6O4. The van der Waals surface area contributed by atoms with Crippen molar-refractivity contribution in [2.24, 2.45) is 0 Å². The van der Waals surface area contributed by atoms with Gasteiger partial charge < -0.3 is 25.4 Å². The van der Waals surface area contributed by atoms with Gasteiger partial charge in [0.2, 0.25) is 0 Å². The smallest absolute Gasteiger partial charge is 0.261 e. The zero-order valence-electron chi connectivity index (χ0n) is 19.5. The molecule has 4 heterocycles. The summed E-state index contributed by atoms with van der Waals surface area (Å²) in [6.45, 7) is 4.13. The van der Waals surface area contributed by atoms with E-state index in [1.807, 2.05) is 0 Å². The van der Waals surface area contributed by atoms with Crippen LogP contribution in [0.5, 0.6) is 5.75 Å². The Balaban J connectivity index is 1.45. The summed E-state index contributed by atoms with van der Waals surface area (Å²) in [4.78, 5) is 31.7. The number of fused-ring (bicyclic) bond motifs is 2. The molecule has 184 valence electrons. The van der Waals surface area contributed by atoms with Crippen LogP contribution in [0, 0.1) is 0 Å². The van der Waals surface area contributed by atoms with Crippen LogP contribution >= 0.6 is 0 Å². The highest BCUT2D eigenvalue weighted by molar-refractivity contribution is 6.09. The Morgan fingerprint density at radius 1 is 1.43 bits per heavy atom. The molecular weight excluding hydrogens is 455 g/mol. The van der Waals surface area contributed by atoms with Crippen molar-refractivity contribution in [3.8, 4) is 5.75 Å². The largest absolute Gasteiger partial charge is 0.487 e. The van der Waals surface area contributed by atoms with Gasteiger partial charge in [0.05, 0.1) is 24.0 Å². The minimum atomic E-state index is -1.61. The number of alkyl halides is 1. The predicted octanol–water partition coefficient (Wildman–Crippen LogP) is 1.79. The van der Waals surface area contributed by atoms with Crippen molar-refractivity contribution < 1.29 is 23.8 Å². The molecule has 3 aromatic rings. The van der Waals surface area contributed by atoms with Gasteiger partial charge in [0.1, 0.15) is 23.6 Å². The van der Waals surface area contributed by atoms with E-state index in [0.717, 1.165) is 13.0 Å². The van der Waals surface area contributed by atoms with Crippen LogP contribution in [-0.2, 0) is 6.54 Å². The second kappa shape index (κ2) is 8.90. The van der Waals surface area contributed by atoms with E-state index >= 15 is 0 Å². The number of halogens is 1. The van der Waals surface area contributed by atoms with Crippen molar-refractivity contribution in [1.82, 2.24) is 24.8 Å². The average molecular weight is 483 g/mol. The maximum atomic E-state index is 14.5. The van der Waals surface area contributed by atoms with E-state index in [2.05, 4.69) is 20.7 Å². The first-order valence-corrected chi connectivity index (χ1v) is 11.5. The normalized spacial score (nSPS) is 18.7. The van der Waals surface area contributed by atoms with Gasteiger partial charge in [-0.25, -0.2) is 13.9 Å². The summed E-state index contributed by atoms with van der Waals surface area (Å²) >= 11 is 0. The van der Waals surface area contributed by atoms with Gasteiger partial charge in [0, 0.05) is 31.0 Å². The maximum Gasteiger partial charge on any atom is 0.261 e. The molecule has 0 bridgehead atoms. The standard InChI is InChI=1S/C24H27FN6O4/c1-24(2,34)20(25)13-30-12-14-8-18(19(9-16(14)23(30)33)35-15-4-6-26-10-15)29-22(32)17-11-28-31-7-3-5-27-21(17)31/h3,5,7-9,11,15,20,26,34H,4,6,10,12-13H2,1-2H3,(H,29,32)/t15-,20-/m1/s1. The molecule has 2 aliphatic heterocycles. The van der Waals surface area contributed by atoms with Gasteiger partial charge in [0.25, 0.3) is 11.8 Å². The van der Waals surface area contributed by atoms with Crippen molar-refractivity contribution in [3.05, 3.63) is 53.5 Å². The minimum absolute atomic E-state index is 0.111. The molecule has 0 spiro atoms. The first kappa shape index (κ1) is 23.2. The van der Waals surface area contributed by atoms with E-state index in [9.17, 15) is 19.1 Å². The fraction of sp³-hybridized carbons (Fsp3) is 0.417. The van der Waals surface area contributed by atoms with E-state index in [-0.39, 0.29) is 25.1 Å². The molecule has 1 fully saturated rings. The Labute approximate surface area is 201 Å². The van der Waals surface area contributed by atoms with E-state index < -0.39 is 17.7 Å². The van der Waals surface area contributed by atoms with Crippen LogP contribution in [0.25, 0.3) is 5.65 Å². The summed E-state index contributed by atoms with van der Waals surface area (Å²) in [6.07, 6.45) is 3.79. The zero-order chi connectivity index (χ0) is 24.7. The SMILES string of the molecule is CC(C)(O)[C@H](F)CN1Cc2cc(NC(=O)c3cnn4cccnc34)c(O[C@@H]3CCNC3)cc2C1=O. The number of aliphatic hydroxyl groups is 1. The molecule has 0 aliphatic carbocycles. The Bertz CT molecular complexity index is 1280. The molecule has 2 aromatic heterocycles. The highest BCUT2D eigenvalue weighted by Gasteiger charge is 2.35. The fourth-order valence-electron chi connectivity index (χ4n) is 4.25. The molecule has 5 rings (SSSR count). The summed E-state index contributed by atoms with van der Waals surface area (Å²) in [5.41, 5.74) is 0.580. The summed E-state index contributed by atoms with van der Waals surface area (Å²) in [5, 5.41) is 20.2. The third-order valence-corrected chi connectivity index (χ3v) is 6.31. The number of benzene rings is 1. The van der Waals surface area contributed by atoms with E-state index in [1.54, 1.807) is 30.6 Å². The lowest BCUT2D eigenvalue weighted by Gasteiger charge is -2.26. The third-order valence-electron chi connectivity index (χ3n) is 6.31. The van der Waals surface area contributed by atoms with Crippen LogP contribution in [0.1, 0.15) is 46.5 Å². The number of anilines is 1. The van der Waals surface area contributed by atoms with Crippen LogP contribution in [0.2, 0.25) is 0 Å². The van der Waals surface area contributed by atoms with E-state index in [4.69, 9.17) is 4.74 Å². The molecule has 3 N–H and O–H groups in total. The van der Waals surface area contributed by atoms with E-state index in [1.165, 1.54) is 29.5 Å². The highest BCUT2D eigenvalue weighted by Crippen LogP contribution is 2.35. The number of hydrogen-bond donors (Lipinski definition) is 3. The molecule has 10 nitrogen and oxygen atoms in total. The van der Waals surface area contributed by atoms with Gasteiger partial charge in [-0.05, 0) is 50.6 Å². The van der Waals surface area contributed by atoms with Crippen molar-refractivity contribution in [2.75, 3.05) is 25.0 Å². The van der Waals surface area contributed by atoms with Gasteiger partial charge in [-0.3, -0.25) is 9.59 Å². The average Bonchev–Trinajstić information content (AvgIpc) is 3.54. The fourth-order valence-corrected chi connectivity index (χ4v) is 4.25. The van der Waals surface area contributed by atoms with Crippen LogP contribution in [0.4, 0.5) is 10.1 Å². The number of carbonyl (C=O) groups is 2. The molecule has 0 saturated carbocycles. The van der Waals surface area contributed by atoms with Gasteiger partial charge in [-0.15, -0.1) is 0 Å². The van der Waals surface area contributed by atoms with Crippen LogP contribution in [0.15, 0.2) is 36.8 Å². The van der Waals surface area contributed by atoms with Crippen molar-refractivity contribution in [1.29, 1.82) is 0 Å². The lowest BCUT2D eigenvalue weighted by atomic mass is 10.0. The summed E-state index contributed by atoms with van der Waals surface area (Å²) < 4.78 is 22.2. The van der Waals surface area contributed by atoms with E-state index in [0.29, 0.717) is 40.3 Å². The lowest BCUT2D eigenvalue weighted by Crippen LogP contribution is -2.42. The molecule has 0 unspecified atom stereocenters. The van der Waals surface area contributed by atoms with Gasteiger partial charge in [0.15, 0.2) is 5.65 Å². The molecule has 2 atom stereocenters. The molecule has 11 heteroatoms. The van der Waals surface area contributed by atoms with Crippen molar-refractivity contribution in [2.45, 2.75) is 44.7 Å². The number of ether oxygens (including phenoxy) is 1. The predicted molar refractivity (Wildman–Crippen MR) is 125 cm³/mol. The molecule has 2 amide bonds. The van der Waals surface area contributed by atoms with Crippen LogP contribution in [0.3, 0.4) is 0 Å². The number of nitrogens with zero attached hydrogens (tertiary/aromatic N) is 4. The molecule has 1 saturated heterocycles. The zero-order valence-corrected chi connectivity index (χ0v) is 19.5. The van der Waals surface area contributed by atoms with Crippen LogP contribution in [-0.4, -0.2) is 73.9 Å². The number of hydrogen-bond acceptors (Lipinski definition) is 7. The monoisotopic (exact) mass is 482 g/mol. The highest BCUT2D eigenvalue weighted by atomic mass is 19.1. The maximum absolute atomic E-state index is 14.5. The van der Waals surface area contributed by atoms with Gasteiger partial charge in [-0.2, -0.15) is 5.10 Å². The van der Waals surface area contributed by atoms with Gasteiger partial charge in [-0.1, -0.05) is 0 Å². The second-order valence-electron chi connectivity index (χ2n) is 9.45. The molecule has 0 radical (unpaired) electrons. The number of amides is 2. The Hall–Kier alpha value is -3.57. The minimum Gasteiger partial charge on any atom is -0.487 e. The quantitative estimate of drug-likeness (QED) is 0.469. The lowest BCUT2D eigenvalue weighted by molar-refractivity contribution is -0.0159. The molecule has 35 heavy (non-hydrogen) atoms. The number of nitrogens with one attached hydrogen (secondary N) is 2. The first-order valence-electron chi connectivity index (χ1n) is 11.5. The number of rotatable bonds is 7. The summed E-state index contributed by atoms with van der Waals surface area (Å²) in [5.74, 6) is -0.393. The topological polar surface area (TPSA) is 121 Å². The van der Waals surface area contributed by atoms with Crippen molar-refractivity contribution in [3.63, 3.8) is 0 Å². The Morgan fingerprint density at radius 2 is 2.26 bits per heavy atom. The third kappa shape index (κ3) is 4.56. The summed E-state index contributed by atoms with van der Waals surface area (Å²) in [7, 11) is 0. The first-order chi connectivity index (χ1) is 16.7. The number of aromatic nitrogens is 3. The van der Waals surface area contributed by atoms with Gasteiger partial charge >= 0.3 is 0 Å². The van der Waals surface area contributed by atoms with Crippen LogP contribution < -0.4 is 15.4 Å². The molecule has 1 aromatic carbocycles. The Kier molecular flexibility index (Phi) is 5.89. The Morgan fingerprint density at radius 3 is 3.00 bits per heavy atom. The summed E-state index contributed by atoms with van der Waals surface area (Å²) in [6, 6.07) is 5.02. The molecule has 2 aliphatic rings. The van der Waals surface area contributed by atoms with Crippen molar-refractivity contribution >= 4 is 23.1 Å². The number of carbonyl (C=O) groups excluding carboxylic acids is 2. The second-order valence-corrected chi connectivity index (χ2v) is 9.45.